The molecule has 0 fully saturated rings. The van der Waals surface area contributed by atoms with Gasteiger partial charge in [-0.1, -0.05) is 104 Å². The summed E-state index contributed by atoms with van der Waals surface area (Å²) in [6.07, 6.45) is 1.39. The number of ketones is 1. The molecule has 0 atom stereocenters. The van der Waals surface area contributed by atoms with E-state index in [2.05, 4.69) is 66.1 Å². The number of hydrogen-bond acceptors (Lipinski definition) is 4. The number of halogens is 4. The summed E-state index contributed by atoms with van der Waals surface area (Å²) in [5.41, 5.74) is 6.22. The third kappa shape index (κ3) is 8.34. The second-order valence-electron chi connectivity index (χ2n) is 11.2. The molecule has 0 aliphatic carbocycles. The smallest absolute Gasteiger partial charge is 0.223 e. The van der Waals surface area contributed by atoms with Crippen LogP contribution >= 0.6 is 43.5 Å². The molecule has 7 aromatic rings. The summed E-state index contributed by atoms with van der Waals surface area (Å²) in [4.78, 5) is 21.1. The van der Waals surface area contributed by atoms with Crippen LogP contribution in [0.5, 0.6) is 11.6 Å². The van der Waals surface area contributed by atoms with E-state index in [1.807, 2.05) is 84.9 Å². The van der Waals surface area contributed by atoms with Gasteiger partial charge in [-0.25, -0.2) is 14.4 Å². The molecule has 0 saturated heterocycles. The number of nitrogens with zero attached hydrogens (tertiary/aromatic N) is 2. The Balaban J connectivity index is 0.000000182. The fourth-order valence-corrected chi connectivity index (χ4v) is 6.26. The summed E-state index contributed by atoms with van der Waals surface area (Å²) in [5, 5.41) is 2.65. The first-order valence-electron chi connectivity index (χ1n) is 15.1. The summed E-state index contributed by atoms with van der Waals surface area (Å²) < 4.78 is 21.9. The van der Waals surface area contributed by atoms with Crippen LogP contribution in [0.25, 0.3) is 21.8 Å². The molecule has 238 valence electrons. The van der Waals surface area contributed by atoms with E-state index >= 15 is 0 Å². The van der Waals surface area contributed by atoms with E-state index in [-0.39, 0.29) is 11.5 Å². The van der Waals surface area contributed by atoms with Gasteiger partial charge >= 0.3 is 0 Å². The second-order valence-corrected chi connectivity index (χ2v) is 13.4. The normalized spacial score (nSPS) is 10.9. The lowest BCUT2D eigenvalue weighted by Crippen LogP contribution is -2.02. The molecule has 8 heteroatoms. The third-order valence-electron chi connectivity index (χ3n) is 7.62. The second kappa shape index (κ2) is 15.2. The van der Waals surface area contributed by atoms with Crippen LogP contribution in [0.3, 0.4) is 0 Å². The Kier molecular flexibility index (Phi) is 10.6. The Labute approximate surface area is 299 Å². The molecule has 0 aliphatic rings. The molecule has 0 radical (unpaired) electrons. The van der Waals surface area contributed by atoms with Crippen molar-refractivity contribution >= 4 is 71.0 Å². The van der Waals surface area contributed by atoms with Crippen molar-refractivity contribution in [3.8, 4) is 11.6 Å². The van der Waals surface area contributed by atoms with Crippen molar-refractivity contribution in [1.29, 1.82) is 0 Å². The van der Waals surface area contributed by atoms with E-state index in [1.54, 1.807) is 0 Å². The van der Waals surface area contributed by atoms with Crippen molar-refractivity contribution in [2.45, 2.75) is 19.8 Å². The van der Waals surface area contributed by atoms with Crippen molar-refractivity contribution in [1.82, 2.24) is 9.97 Å². The standard InChI is InChI=1S/C24H17BrFNO2.C16H11BrClN/c1-15(28)21-9-8-20(26)14-23(21)29-24-18(11-16-5-3-2-4-6-16)12-17-13-19(25)7-10-22(17)27-24;17-14-6-7-15-12(10-14)9-13(16(18)19-15)8-11-4-2-1-3-5-11/h2-10,12-14H,11H2,1H3;1-7,9-10H,8H2. The van der Waals surface area contributed by atoms with E-state index in [9.17, 15) is 9.18 Å². The molecule has 0 bridgehead atoms. The number of carbonyl (C=O) groups is 1. The zero-order valence-electron chi connectivity index (χ0n) is 25.8. The van der Waals surface area contributed by atoms with Gasteiger partial charge in [0.2, 0.25) is 5.88 Å². The zero-order chi connectivity index (χ0) is 33.6. The van der Waals surface area contributed by atoms with Gasteiger partial charge in [0, 0.05) is 44.2 Å². The van der Waals surface area contributed by atoms with Gasteiger partial charge in [0.15, 0.2) is 5.78 Å². The van der Waals surface area contributed by atoms with Gasteiger partial charge in [0.1, 0.15) is 16.7 Å². The topological polar surface area (TPSA) is 52.1 Å². The van der Waals surface area contributed by atoms with E-state index in [0.29, 0.717) is 23.0 Å². The van der Waals surface area contributed by atoms with Gasteiger partial charge in [0.25, 0.3) is 0 Å². The molecule has 0 amide bonds. The number of benzene rings is 5. The van der Waals surface area contributed by atoms with Gasteiger partial charge in [0.05, 0.1) is 16.6 Å². The summed E-state index contributed by atoms with van der Waals surface area (Å²) in [7, 11) is 0. The van der Waals surface area contributed by atoms with Crippen molar-refractivity contribution in [3.05, 3.63) is 175 Å². The Hall–Kier alpha value is -4.43. The Morgan fingerprint density at radius 1 is 0.688 bits per heavy atom. The highest BCUT2D eigenvalue weighted by Gasteiger charge is 2.16. The summed E-state index contributed by atoms with van der Waals surface area (Å²) in [6.45, 7) is 1.43. The first-order valence-corrected chi connectivity index (χ1v) is 17.1. The molecule has 2 aromatic heterocycles. The maximum Gasteiger partial charge on any atom is 0.223 e. The molecule has 0 saturated carbocycles. The van der Waals surface area contributed by atoms with Crippen LogP contribution in [0.15, 0.2) is 136 Å². The van der Waals surface area contributed by atoms with Gasteiger partial charge in [-0.2, -0.15) is 0 Å². The van der Waals surface area contributed by atoms with Crippen molar-refractivity contribution in [3.63, 3.8) is 0 Å². The van der Waals surface area contributed by atoms with E-state index in [4.69, 9.17) is 16.3 Å². The number of aromatic nitrogens is 2. The largest absolute Gasteiger partial charge is 0.438 e. The SMILES string of the molecule is CC(=O)c1ccc(F)cc1Oc1nc2ccc(Br)cc2cc1Cc1ccccc1.Clc1nc2ccc(Br)cc2cc1Cc1ccccc1. The van der Waals surface area contributed by atoms with Crippen LogP contribution < -0.4 is 4.74 Å². The average molecular weight is 783 g/mol. The number of fused-ring (bicyclic) bond motifs is 2. The lowest BCUT2D eigenvalue weighted by Gasteiger charge is -2.14. The maximum atomic E-state index is 13.8. The maximum absolute atomic E-state index is 13.8. The van der Waals surface area contributed by atoms with Crippen LogP contribution in [0, 0.1) is 5.82 Å². The van der Waals surface area contributed by atoms with E-state index in [0.717, 1.165) is 53.9 Å². The highest BCUT2D eigenvalue weighted by molar-refractivity contribution is 9.10. The van der Waals surface area contributed by atoms with Gasteiger partial charge in [-0.05, 0) is 84.3 Å². The van der Waals surface area contributed by atoms with Crippen LogP contribution in [0.1, 0.15) is 39.5 Å². The summed E-state index contributed by atoms with van der Waals surface area (Å²) in [5.74, 6) is -0.152. The van der Waals surface area contributed by atoms with Crippen molar-refractivity contribution in [2.75, 3.05) is 0 Å². The van der Waals surface area contributed by atoms with Crippen LogP contribution in [0.4, 0.5) is 4.39 Å². The number of carbonyl (C=O) groups excluding carboxylic acids is 1. The molecular weight excluding hydrogens is 755 g/mol. The lowest BCUT2D eigenvalue weighted by atomic mass is 10.0. The molecule has 4 nitrogen and oxygen atoms in total. The molecule has 5 aromatic carbocycles. The highest BCUT2D eigenvalue weighted by atomic mass is 79.9. The predicted octanol–water partition coefficient (Wildman–Crippen LogP) is 12.0. The van der Waals surface area contributed by atoms with Crippen LogP contribution in [-0.2, 0) is 12.8 Å². The molecule has 0 unspecified atom stereocenters. The molecule has 0 N–H and O–H groups in total. The fraction of sp³-hybridized carbons (Fsp3) is 0.0750. The quantitative estimate of drug-likeness (QED) is 0.119. The monoisotopic (exact) mass is 780 g/mol. The molecule has 0 aliphatic heterocycles. The van der Waals surface area contributed by atoms with Crippen molar-refractivity contribution in [2.24, 2.45) is 0 Å². The number of ether oxygens (including phenoxy) is 1. The molecular formula is C40H28Br2ClFN2O2. The van der Waals surface area contributed by atoms with Gasteiger partial charge < -0.3 is 4.74 Å². The average Bonchev–Trinajstić information content (AvgIpc) is 3.07. The number of Topliss-reactive ketones (excluding diaryl/α,β-unsaturated/α-hetero) is 1. The minimum absolute atomic E-state index is 0.163. The molecule has 0 spiro atoms. The Morgan fingerprint density at radius 3 is 1.81 bits per heavy atom. The highest BCUT2D eigenvalue weighted by Crippen LogP contribution is 2.32. The zero-order valence-corrected chi connectivity index (χ0v) is 29.7. The number of hydrogen-bond donors (Lipinski definition) is 0. The van der Waals surface area contributed by atoms with E-state index < -0.39 is 5.82 Å². The van der Waals surface area contributed by atoms with Crippen molar-refractivity contribution < 1.29 is 13.9 Å². The van der Waals surface area contributed by atoms with Crippen LogP contribution in [-0.4, -0.2) is 15.8 Å². The lowest BCUT2D eigenvalue weighted by molar-refractivity contribution is 0.101. The molecule has 7 rings (SSSR count). The minimum Gasteiger partial charge on any atom is -0.438 e. The fourth-order valence-electron chi connectivity index (χ4n) is 5.29. The first kappa shape index (κ1) is 33.5. The Morgan fingerprint density at radius 2 is 1.23 bits per heavy atom. The molecule has 2 heterocycles. The molecule has 48 heavy (non-hydrogen) atoms. The first-order chi connectivity index (χ1) is 23.2. The minimum atomic E-state index is -0.473. The predicted molar refractivity (Wildman–Crippen MR) is 199 cm³/mol. The summed E-state index contributed by atoms with van der Waals surface area (Å²) >= 11 is 13.2. The van der Waals surface area contributed by atoms with Crippen LogP contribution in [0.2, 0.25) is 5.15 Å². The number of pyridine rings is 2. The number of rotatable bonds is 7. The van der Waals surface area contributed by atoms with Gasteiger partial charge in [-0.3, -0.25) is 4.79 Å². The Bertz CT molecular complexity index is 2250. The van der Waals surface area contributed by atoms with Gasteiger partial charge in [-0.15, -0.1) is 0 Å². The third-order valence-corrected chi connectivity index (χ3v) is 8.94. The van der Waals surface area contributed by atoms with E-state index in [1.165, 1.54) is 30.7 Å². The summed E-state index contributed by atoms with van der Waals surface area (Å²) in [6, 6.07) is 40.1.